The Labute approximate surface area is 133 Å². The van der Waals surface area contributed by atoms with Crippen molar-refractivity contribution in [3.05, 3.63) is 34.3 Å². The average Bonchev–Trinajstić information content (AvgIpc) is 2.52. The summed E-state index contributed by atoms with van der Waals surface area (Å²) in [6.45, 7) is 3.93. The SMILES string of the molecule is Cc1ccc(C(CN)N2CCCC3CCCCC32)cc1Cl. The number of fused-ring (bicyclic) bond motifs is 1. The van der Waals surface area contributed by atoms with Crippen molar-refractivity contribution >= 4 is 11.6 Å². The van der Waals surface area contributed by atoms with Gasteiger partial charge in [-0.25, -0.2) is 0 Å². The molecule has 1 aliphatic carbocycles. The zero-order valence-corrected chi connectivity index (χ0v) is 13.8. The number of likely N-dealkylation sites (tertiary alicyclic amines) is 1. The van der Waals surface area contributed by atoms with E-state index in [0.717, 1.165) is 22.5 Å². The van der Waals surface area contributed by atoms with Crippen LogP contribution in [0.15, 0.2) is 18.2 Å². The largest absolute Gasteiger partial charge is 0.329 e. The third-order valence-electron chi connectivity index (χ3n) is 5.49. The highest BCUT2D eigenvalue weighted by Gasteiger charge is 2.36. The predicted octanol–water partition coefficient (Wildman–Crippen LogP) is 4.30. The van der Waals surface area contributed by atoms with E-state index in [1.807, 2.05) is 0 Å². The van der Waals surface area contributed by atoms with Crippen molar-refractivity contribution in [2.24, 2.45) is 11.7 Å². The average molecular weight is 307 g/mol. The maximum Gasteiger partial charge on any atom is 0.0474 e. The van der Waals surface area contributed by atoms with Crippen molar-refractivity contribution < 1.29 is 0 Å². The molecule has 3 heteroatoms. The van der Waals surface area contributed by atoms with Crippen LogP contribution in [0.5, 0.6) is 0 Å². The summed E-state index contributed by atoms with van der Waals surface area (Å²) >= 11 is 6.33. The molecule has 1 saturated carbocycles. The number of piperidine rings is 1. The second kappa shape index (κ2) is 6.68. The topological polar surface area (TPSA) is 29.3 Å². The molecule has 0 aromatic heterocycles. The number of rotatable bonds is 3. The monoisotopic (exact) mass is 306 g/mol. The van der Waals surface area contributed by atoms with Crippen molar-refractivity contribution in [2.45, 2.75) is 57.5 Å². The first-order chi connectivity index (χ1) is 10.2. The molecule has 0 bridgehead atoms. The molecular weight excluding hydrogens is 280 g/mol. The lowest BCUT2D eigenvalue weighted by Crippen LogP contribution is -2.49. The Kier molecular flexibility index (Phi) is 4.88. The molecule has 3 rings (SSSR count). The normalized spacial score (nSPS) is 28.1. The molecule has 2 aliphatic rings. The highest BCUT2D eigenvalue weighted by Crippen LogP contribution is 2.39. The lowest BCUT2D eigenvalue weighted by molar-refractivity contribution is 0.0276. The highest BCUT2D eigenvalue weighted by atomic mass is 35.5. The van der Waals surface area contributed by atoms with Gasteiger partial charge in [-0.15, -0.1) is 0 Å². The molecular formula is C18H27ClN2. The minimum atomic E-state index is 0.328. The van der Waals surface area contributed by atoms with Gasteiger partial charge in [0.2, 0.25) is 0 Å². The fraction of sp³-hybridized carbons (Fsp3) is 0.667. The lowest BCUT2D eigenvalue weighted by atomic mass is 9.77. The van der Waals surface area contributed by atoms with Gasteiger partial charge >= 0.3 is 0 Å². The summed E-state index contributed by atoms with van der Waals surface area (Å²) in [4.78, 5) is 2.69. The van der Waals surface area contributed by atoms with Crippen molar-refractivity contribution in [1.82, 2.24) is 4.90 Å². The molecule has 2 N–H and O–H groups in total. The maximum atomic E-state index is 6.33. The summed E-state index contributed by atoms with van der Waals surface area (Å²) in [6.07, 6.45) is 8.28. The highest BCUT2D eigenvalue weighted by molar-refractivity contribution is 6.31. The molecule has 21 heavy (non-hydrogen) atoms. The second-order valence-corrected chi connectivity index (χ2v) is 7.16. The fourth-order valence-corrected chi connectivity index (χ4v) is 4.52. The van der Waals surface area contributed by atoms with Crippen LogP contribution in [-0.4, -0.2) is 24.0 Å². The van der Waals surface area contributed by atoms with Gasteiger partial charge in [-0.3, -0.25) is 4.90 Å². The smallest absolute Gasteiger partial charge is 0.0474 e. The van der Waals surface area contributed by atoms with Crippen molar-refractivity contribution in [3.63, 3.8) is 0 Å². The van der Waals surface area contributed by atoms with Crippen LogP contribution in [0.25, 0.3) is 0 Å². The molecule has 1 saturated heterocycles. The minimum absolute atomic E-state index is 0.328. The number of benzene rings is 1. The van der Waals surface area contributed by atoms with Gasteiger partial charge < -0.3 is 5.73 Å². The maximum absolute atomic E-state index is 6.33. The second-order valence-electron chi connectivity index (χ2n) is 6.75. The van der Waals surface area contributed by atoms with Gasteiger partial charge in [-0.1, -0.05) is 36.6 Å². The van der Waals surface area contributed by atoms with E-state index in [4.69, 9.17) is 17.3 Å². The van der Waals surface area contributed by atoms with Gasteiger partial charge in [0.1, 0.15) is 0 Å². The van der Waals surface area contributed by atoms with Gasteiger partial charge in [0.25, 0.3) is 0 Å². The quantitative estimate of drug-likeness (QED) is 0.902. The van der Waals surface area contributed by atoms with Crippen LogP contribution < -0.4 is 5.73 Å². The van der Waals surface area contributed by atoms with E-state index in [1.165, 1.54) is 50.6 Å². The van der Waals surface area contributed by atoms with Crippen LogP contribution in [0.4, 0.5) is 0 Å². The van der Waals surface area contributed by atoms with E-state index in [2.05, 4.69) is 30.0 Å². The first-order valence-corrected chi connectivity index (χ1v) is 8.80. The first kappa shape index (κ1) is 15.3. The molecule has 1 aliphatic heterocycles. The number of halogens is 1. The Morgan fingerprint density at radius 1 is 1.24 bits per heavy atom. The Hall–Kier alpha value is -0.570. The Morgan fingerprint density at radius 2 is 2.00 bits per heavy atom. The lowest BCUT2D eigenvalue weighted by Gasteiger charge is -2.47. The molecule has 0 spiro atoms. The molecule has 3 atom stereocenters. The Morgan fingerprint density at radius 3 is 2.76 bits per heavy atom. The van der Waals surface area contributed by atoms with E-state index in [9.17, 15) is 0 Å². The molecule has 116 valence electrons. The van der Waals surface area contributed by atoms with E-state index < -0.39 is 0 Å². The summed E-state index contributed by atoms with van der Waals surface area (Å²) in [5.41, 5.74) is 8.60. The van der Waals surface area contributed by atoms with E-state index >= 15 is 0 Å². The summed E-state index contributed by atoms with van der Waals surface area (Å²) in [7, 11) is 0. The number of nitrogens with two attached hydrogens (primary N) is 1. The molecule has 1 aromatic rings. The Bertz CT molecular complexity index is 486. The van der Waals surface area contributed by atoms with Crippen LogP contribution >= 0.6 is 11.6 Å². The predicted molar refractivity (Wildman–Crippen MR) is 89.7 cm³/mol. The fourth-order valence-electron chi connectivity index (χ4n) is 4.33. The van der Waals surface area contributed by atoms with Gasteiger partial charge in [0, 0.05) is 23.7 Å². The molecule has 0 radical (unpaired) electrons. The van der Waals surface area contributed by atoms with Crippen LogP contribution in [-0.2, 0) is 0 Å². The van der Waals surface area contributed by atoms with Crippen LogP contribution in [0, 0.1) is 12.8 Å². The summed E-state index contributed by atoms with van der Waals surface area (Å²) in [5.74, 6) is 0.891. The van der Waals surface area contributed by atoms with E-state index in [0.29, 0.717) is 12.6 Å². The summed E-state index contributed by atoms with van der Waals surface area (Å²) < 4.78 is 0. The third-order valence-corrected chi connectivity index (χ3v) is 5.90. The van der Waals surface area contributed by atoms with Gasteiger partial charge in [-0.2, -0.15) is 0 Å². The standard InChI is InChI=1S/C18H27ClN2/c1-13-8-9-15(11-16(13)19)18(12-20)21-10-4-6-14-5-2-3-7-17(14)21/h8-9,11,14,17-18H,2-7,10,12,20H2,1H3. The van der Waals surface area contributed by atoms with Gasteiger partial charge in [0.15, 0.2) is 0 Å². The first-order valence-electron chi connectivity index (χ1n) is 8.42. The molecule has 2 nitrogen and oxygen atoms in total. The third kappa shape index (κ3) is 3.13. The Balaban J connectivity index is 1.85. The molecule has 1 aromatic carbocycles. The van der Waals surface area contributed by atoms with Gasteiger partial charge in [-0.05, 0) is 62.3 Å². The summed E-state index contributed by atoms with van der Waals surface area (Å²) in [6, 6.07) is 7.53. The van der Waals surface area contributed by atoms with Crippen LogP contribution in [0.1, 0.15) is 55.7 Å². The zero-order chi connectivity index (χ0) is 14.8. The molecule has 2 fully saturated rings. The van der Waals surface area contributed by atoms with Gasteiger partial charge in [0.05, 0.1) is 0 Å². The van der Waals surface area contributed by atoms with Crippen molar-refractivity contribution in [2.75, 3.05) is 13.1 Å². The zero-order valence-electron chi connectivity index (χ0n) is 13.0. The van der Waals surface area contributed by atoms with Crippen molar-refractivity contribution in [1.29, 1.82) is 0 Å². The number of nitrogens with zero attached hydrogens (tertiary/aromatic N) is 1. The molecule has 0 amide bonds. The van der Waals surface area contributed by atoms with Crippen molar-refractivity contribution in [3.8, 4) is 0 Å². The number of hydrogen-bond acceptors (Lipinski definition) is 2. The minimum Gasteiger partial charge on any atom is -0.329 e. The molecule has 3 unspecified atom stereocenters. The van der Waals surface area contributed by atoms with Crippen LogP contribution in [0.2, 0.25) is 5.02 Å². The molecule has 1 heterocycles. The van der Waals surface area contributed by atoms with E-state index in [-0.39, 0.29) is 0 Å². The van der Waals surface area contributed by atoms with E-state index in [1.54, 1.807) is 0 Å². The summed E-state index contributed by atoms with van der Waals surface area (Å²) in [5, 5.41) is 0.864. The number of aryl methyl sites for hydroxylation is 1. The van der Waals surface area contributed by atoms with Crippen LogP contribution in [0.3, 0.4) is 0 Å². The number of hydrogen-bond donors (Lipinski definition) is 1.